The van der Waals surface area contributed by atoms with E-state index in [9.17, 15) is 4.79 Å². The van der Waals surface area contributed by atoms with Crippen molar-refractivity contribution in [1.82, 2.24) is 0 Å². The number of fused-ring (bicyclic) bond motifs is 2. The Kier molecular flexibility index (Phi) is 3.39. The summed E-state index contributed by atoms with van der Waals surface area (Å²) in [6.45, 7) is 5.74. The quantitative estimate of drug-likeness (QED) is 0.385. The van der Waals surface area contributed by atoms with Crippen LogP contribution in [-0.4, -0.2) is 0 Å². The van der Waals surface area contributed by atoms with Crippen molar-refractivity contribution in [2.45, 2.75) is 20.8 Å². The van der Waals surface area contributed by atoms with Crippen LogP contribution < -0.4 is 5.63 Å². The van der Waals surface area contributed by atoms with Crippen molar-refractivity contribution >= 4 is 37.9 Å². The van der Waals surface area contributed by atoms with Gasteiger partial charge in [0.1, 0.15) is 11.2 Å². The van der Waals surface area contributed by atoms with Gasteiger partial charge >= 0.3 is 5.63 Å². The standard InChI is InChI=1S/C20H15BrO3/c1-10-14-9-15-16(13-7-5-4-6-8-13)11(2)20(22)24-18(15)12(3)17(14)23-19(10)21/h4-9H,1-3H3. The monoisotopic (exact) mass is 382 g/mol. The number of halogens is 1. The van der Waals surface area contributed by atoms with Crippen LogP contribution in [-0.2, 0) is 0 Å². The third-order valence-electron chi connectivity index (χ3n) is 4.56. The van der Waals surface area contributed by atoms with E-state index < -0.39 is 0 Å². The predicted molar refractivity (Wildman–Crippen MR) is 99.6 cm³/mol. The van der Waals surface area contributed by atoms with E-state index in [4.69, 9.17) is 8.83 Å². The molecular weight excluding hydrogens is 368 g/mol. The molecule has 0 spiro atoms. The molecule has 3 nitrogen and oxygen atoms in total. The van der Waals surface area contributed by atoms with Crippen LogP contribution in [0.2, 0.25) is 0 Å². The molecule has 0 atom stereocenters. The zero-order valence-corrected chi connectivity index (χ0v) is 15.2. The molecule has 0 bridgehead atoms. The summed E-state index contributed by atoms with van der Waals surface area (Å²) in [7, 11) is 0. The molecule has 0 radical (unpaired) electrons. The fourth-order valence-corrected chi connectivity index (χ4v) is 3.61. The topological polar surface area (TPSA) is 43.4 Å². The van der Waals surface area contributed by atoms with Crippen LogP contribution in [0, 0.1) is 20.8 Å². The van der Waals surface area contributed by atoms with Gasteiger partial charge in [-0.25, -0.2) is 4.79 Å². The van der Waals surface area contributed by atoms with E-state index in [1.54, 1.807) is 0 Å². The minimum absolute atomic E-state index is 0.314. The fourth-order valence-electron chi connectivity index (χ4n) is 3.23. The average Bonchev–Trinajstić information content (AvgIpc) is 2.86. The highest BCUT2D eigenvalue weighted by Crippen LogP contribution is 2.39. The van der Waals surface area contributed by atoms with Crippen molar-refractivity contribution in [3.8, 4) is 11.1 Å². The van der Waals surface area contributed by atoms with Gasteiger partial charge in [0, 0.05) is 33.0 Å². The van der Waals surface area contributed by atoms with Gasteiger partial charge in [-0.05, 0) is 48.3 Å². The first-order chi connectivity index (χ1) is 11.5. The van der Waals surface area contributed by atoms with Crippen LogP contribution >= 0.6 is 15.9 Å². The predicted octanol–water partition coefficient (Wildman–Crippen LogP) is 5.89. The smallest absolute Gasteiger partial charge is 0.339 e. The van der Waals surface area contributed by atoms with Gasteiger partial charge in [0.15, 0.2) is 4.67 Å². The third-order valence-corrected chi connectivity index (χ3v) is 5.31. The molecule has 4 heteroatoms. The molecule has 2 aromatic carbocycles. The lowest BCUT2D eigenvalue weighted by Gasteiger charge is -2.11. The minimum Gasteiger partial charge on any atom is -0.449 e. The first kappa shape index (κ1) is 15.2. The summed E-state index contributed by atoms with van der Waals surface area (Å²) in [5.41, 5.74) is 5.44. The van der Waals surface area contributed by atoms with Gasteiger partial charge in [0.05, 0.1) is 0 Å². The van der Waals surface area contributed by atoms with Gasteiger partial charge in [-0.1, -0.05) is 30.3 Å². The van der Waals surface area contributed by atoms with Gasteiger partial charge in [-0.15, -0.1) is 0 Å². The van der Waals surface area contributed by atoms with E-state index in [2.05, 4.69) is 22.0 Å². The summed E-state index contributed by atoms with van der Waals surface area (Å²) in [6.07, 6.45) is 0. The van der Waals surface area contributed by atoms with Crippen molar-refractivity contribution in [2.24, 2.45) is 0 Å². The molecule has 0 saturated heterocycles. The Balaban J connectivity index is 2.27. The first-order valence-electron chi connectivity index (χ1n) is 7.70. The minimum atomic E-state index is -0.314. The van der Waals surface area contributed by atoms with Crippen LogP contribution in [0.25, 0.3) is 33.1 Å². The number of hydrogen-bond donors (Lipinski definition) is 0. The molecule has 120 valence electrons. The van der Waals surface area contributed by atoms with E-state index in [-0.39, 0.29) is 5.63 Å². The number of hydrogen-bond acceptors (Lipinski definition) is 3. The lowest BCUT2D eigenvalue weighted by atomic mass is 9.95. The lowest BCUT2D eigenvalue weighted by Crippen LogP contribution is -2.06. The molecule has 24 heavy (non-hydrogen) atoms. The van der Waals surface area contributed by atoms with Gasteiger partial charge in [0.25, 0.3) is 0 Å². The van der Waals surface area contributed by atoms with Crippen molar-refractivity contribution < 1.29 is 8.83 Å². The molecule has 2 heterocycles. The van der Waals surface area contributed by atoms with Crippen LogP contribution in [0.5, 0.6) is 0 Å². The summed E-state index contributed by atoms with van der Waals surface area (Å²) in [5, 5.41) is 1.96. The average molecular weight is 383 g/mol. The Hall–Kier alpha value is -2.33. The molecule has 2 aromatic heterocycles. The van der Waals surface area contributed by atoms with Crippen molar-refractivity contribution in [3.05, 3.63) is 68.2 Å². The Morgan fingerprint density at radius 1 is 0.833 bits per heavy atom. The van der Waals surface area contributed by atoms with Crippen LogP contribution in [0.1, 0.15) is 16.7 Å². The normalized spacial score (nSPS) is 11.5. The van der Waals surface area contributed by atoms with Gasteiger partial charge in [-0.2, -0.15) is 0 Å². The Bertz CT molecular complexity index is 1150. The molecule has 4 aromatic rings. The number of benzene rings is 2. The molecular formula is C20H15BrO3. The molecule has 0 saturated carbocycles. The maximum Gasteiger partial charge on any atom is 0.339 e. The van der Waals surface area contributed by atoms with Crippen LogP contribution in [0.4, 0.5) is 0 Å². The first-order valence-corrected chi connectivity index (χ1v) is 8.49. The summed E-state index contributed by atoms with van der Waals surface area (Å²) in [5.74, 6) is 0. The molecule has 0 aliphatic carbocycles. The summed E-state index contributed by atoms with van der Waals surface area (Å²) in [6, 6.07) is 12.0. The highest BCUT2D eigenvalue weighted by molar-refractivity contribution is 9.10. The van der Waals surface area contributed by atoms with E-state index in [0.29, 0.717) is 15.8 Å². The van der Waals surface area contributed by atoms with Crippen LogP contribution in [0.3, 0.4) is 0 Å². The van der Waals surface area contributed by atoms with E-state index >= 15 is 0 Å². The van der Waals surface area contributed by atoms with Gasteiger partial charge in [-0.3, -0.25) is 0 Å². The Morgan fingerprint density at radius 2 is 1.50 bits per heavy atom. The maximum atomic E-state index is 12.4. The van der Waals surface area contributed by atoms with E-state index in [1.807, 2.05) is 51.1 Å². The van der Waals surface area contributed by atoms with E-state index in [1.165, 1.54) is 0 Å². The molecule has 0 aliphatic heterocycles. The zero-order valence-electron chi connectivity index (χ0n) is 13.6. The number of furan rings is 1. The maximum absolute atomic E-state index is 12.4. The molecule has 0 amide bonds. The Labute approximate surface area is 147 Å². The SMILES string of the molecule is Cc1c(-c2ccccc2)c2cc3c(C)c(Br)oc3c(C)c2oc1=O. The second kappa shape index (κ2) is 5.35. The van der Waals surface area contributed by atoms with Crippen molar-refractivity contribution in [2.75, 3.05) is 0 Å². The molecule has 0 unspecified atom stereocenters. The summed E-state index contributed by atoms with van der Waals surface area (Å²) < 4.78 is 12.1. The zero-order chi connectivity index (χ0) is 17.0. The van der Waals surface area contributed by atoms with Gasteiger partial charge < -0.3 is 8.83 Å². The van der Waals surface area contributed by atoms with E-state index in [0.717, 1.165) is 38.6 Å². The number of aryl methyl sites for hydroxylation is 2. The second-order valence-electron chi connectivity index (χ2n) is 6.01. The molecule has 0 N–H and O–H groups in total. The highest BCUT2D eigenvalue weighted by Gasteiger charge is 2.19. The van der Waals surface area contributed by atoms with Crippen molar-refractivity contribution in [3.63, 3.8) is 0 Å². The second-order valence-corrected chi connectivity index (χ2v) is 6.73. The summed E-state index contributed by atoms with van der Waals surface area (Å²) >= 11 is 3.45. The fraction of sp³-hybridized carbons (Fsp3) is 0.150. The highest BCUT2D eigenvalue weighted by atomic mass is 79.9. The van der Waals surface area contributed by atoms with Gasteiger partial charge in [0.2, 0.25) is 0 Å². The molecule has 0 fully saturated rings. The molecule has 4 rings (SSSR count). The third kappa shape index (κ3) is 2.06. The summed E-state index contributed by atoms with van der Waals surface area (Å²) in [4.78, 5) is 12.4. The lowest BCUT2D eigenvalue weighted by molar-refractivity contribution is 0.549. The Morgan fingerprint density at radius 3 is 2.21 bits per heavy atom. The van der Waals surface area contributed by atoms with Crippen molar-refractivity contribution in [1.29, 1.82) is 0 Å². The number of rotatable bonds is 1. The molecule has 0 aliphatic rings. The largest absolute Gasteiger partial charge is 0.449 e. The van der Waals surface area contributed by atoms with Crippen LogP contribution in [0.15, 0.2) is 54.7 Å².